The number of hydrogen-bond acceptors (Lipinski definition) is 2. The van der Waals surface area contributed by atoms with Gasteiger partial charge in [0.1, 0.15) is 5.78 Å². The van der Waals surface area contributed by atoms with Crippen molar-refractivity contribution >= 4 is 5.78 Å². The maximum atomic E-state index is 11.7. The first kappa shape index (κ1) is 11.7. The van der Waals surface area contributed by atoms with Crippen LogP contribution in [0.2, 0.25) is 0 Å². The lowest BCUT2D eigenvalue weighted by Gasteiger charge is -2.39. The molecule has 0 N–H and O–H groups in total. The van der Waals surface area contributed by atoms with Gasteiger partial charge in [-0.15, -0.1) is 0 Å². The average Bonchev–Trinajstić information content (AvgIpc) is 2.44. The predicted molar refractivity (Wildman–Crippen MR) is 59.3 cm³/mol. The maximum Gasteiger partial charge on any atom is 0.149 e. The molecule has 1 aliphatic rings. The Kier molecular flexibility index (Phi) is 3.36. The highest BCUT2D eigenvalue weighted by atomic mass is 16.1. The van der Waals surface area contributed by atoms with E-state index >= 15 is 0 Å². The fraction of sp³-hybridized carbons (Fsp3) is 0.917. The normalized spacial score (nSPS) is 32.9. The molecule has 2 heteroatoms. The Morgan fingerprint density at radius 1 is 1.50 bits per heavy atom. The Morgan fingerprint density at radius 3 is 2.36 bits per heavy atom. The average molecular weight is 197 g/mol. The summed E-state index contributed by atoms with van der Waals surface area (Å²) in [4.78, 5) is 14.1. The Morgan fingerprint density at radius 2 is 2.07 bits per heavy atom. The van der Waals surface area contributed by atoms with E-state index in [1.165, 1.54) is 6.42 Å². The second kappa shape index (κ2) is 4.01. The van der Waals surface area contributed by atoms with Gasteiger partial charge in [0.2, 0.25) is 0 Å². The Hall–Kier alpha value is -0.370. The molecule has 1 fully saturated rings. The molecule has 0 radical (unpaired) electrons. The molecular formula is C12H23NO. The van der Waals surface area contributed by atoms with Crippen molar-refractivity contribution in [2.45, 2.75) is 59.0 Å². The van der Waals surface area contributed by atoms with Gasteiger partial charge in [-0.05, 0) is 39.5 Å². The third kappa shape index (κ3) is 1.85. The minimum Gasteiger partial charge on any atom is -0.298 e. The topological polar surface area (TPSA) is 20.3 Å². The number of ketones is 1. The fourth-order valence-corrected chi connectivity index (χ4v) is 2.64. The molecule has 3 unspecified atom stereocenters. The van der Waals surface area contributed by atoms with Crippen LogP contribution in [-0.2, 0) is 4.79 Å². The molecule has 0 aromatic heterocycles. The molecule has 0 saturated carbocycles. The Balaban J connectivity index is 2.85. The summed E-state index contributed by atoms with van der Waals surface area (Å²) in [5.41, 5.74) is -0.232. The van der Waals surface area contributed by atoms with E-state index in [-0.39, 0.29) is 5.54 Å². The molecule has 14 heavy (non-hydrogen) atoms. The van der Waals surface area contributed by atoms with Gasteiger partial charge in [-0.2, -0.15) is 0 Å². The molecule has 1 rings (SSSR count). The van der Waals surface area contributed by atoms with E-state index in [0.29, 0.717) is 11.8 Å². The molecule has 0 bridgehead atoms. The van der Waals surface area contributed by atoms with Crippen molar-refractivity contribution in [3.63, 3.8) is 0 Å². The van der Waals surface area contributed by atoms with Gasteiger partial charge in [0, 0.05) is 12.6 Å². The van der Waals surface area contributed by atoms with Gasteiger partial charge in [-0.1, -0.05) is 13.8 Å². The van der Waals surface area contributed by atoms with E-state index in [1.54, 1.807) is 6.92 Å². The van der Waals surface area contributed by atoms with Crippen LogP contribution >= 0.6 is 0 Å². The van der Waals surface area contributed by atoms with Crippen LogP contribution in [0, 0.1) is 5.92 Å². The van der Waals surface area contributed by atoms with Crippen LogP contribution in [0.3, 0.4) is 0 Å². The molecule has 82 valence electrons. The third-order valence-corrected chi connectivity index (χ3v) is 3.86. The Bertz CT molecular complexity index is 226. The highest BCUT2D eigenvalue weighted by molar-refractivity contribution is 5.85. The zero-order chi connectivity index (χ0) is 10.9. The van der Waals surface area contributed by atoms with Crippen LogP contribution < -0.4 is 0 Å². The predicted octanol–water partition coefficient (Wildman–Crippen LogP) is 2.47. The first-order valence-corrected chi connectivity index (χ1v) is 5.69. The summed E-state index contributed by atoms with van der Waals surface area (Å²) in [7, 11) is 0. The number of carbonyl (C=O) groups excluding carboxylic acids is 1. The Labute approximate surface area is 87.7 Å². The van der Waals surface area contributed by atoms with Crippen LogP contribution in [-0.4, -0.2) is 28.8 Å². The van der Waals surface area contributed by atoms with Crippen LogP contribution in [0.15, 0.2) is 0 Å². The monoisotopic (exact) mass is 197 g/mol. The maximum absolute atomic E-state index is 11.7. The van der Waals surface area contributed by atoms with Crippen LogP contribution in [0.5, 0.6) is 0 Å². The van der Waals surface area contributed by atoms with E-state index in [9.17, 15) is 4.79 Å². The standard InChI is InChI=1S/C12H23NO/c1-6-12(5,11(4)14)13-8-9(2)7-10(13)3/h9-10H,6-8H2,1-5H3. The SMILES string of the molecule is CCC(C)(C(C)=O)N1CC(C)CC1C. The lowest BCUT2D eigenvalue weighted by Crippen LogP contribution is -2.52. The highest BCUT2D eigenvalue weighted by Crippen LogP contribution is 2.32. The lowest BCUT2D eigenvalue weighted by molar-refractivity contribution is -0.129. The van der Waals surface area contributed by atoms with Gasteiger partial charge in [0.15, 0.2) is 0 Å². The first-order chi connectivity index (χ1) is 6.41. The van der Waals surface area contributed by atoms with Crippen molar-refractivity contribution in [1.29, 1.82) is 0 Å². The largest absolute Gasteiger partial charge is 0.298 e. The zero-order valence-electron chi connectivity index (χ0n) is 10.1. The number of carbonyl (C=O) groups is 1. The molecule has 1 aliphatic heterocycles. The van der Waals surface area contributed by atoms with Crippen molar-refractivity contribution in [3.05, 3.63) is 0 Å². The summed E-state index contributed by atoms with van der Waals surface area (Å²) < 4.78 is 0. The second-order valence-corrected chi connectivity index (χ2v) is 5.03. The minimum atomic E-state index is -0.232. The van der Waals surface area contributed by atoms with Gasteiger partial charge in [0.25, 0.3) is 0 Å². The molecule has 0 spiro atoms. The summed E-state index contributed by atoms with van der Waals surface area (Å²) in [6.45, 7) is 11.5. The number of nitrogens with zero attached hydrogens (tertiary/aromatic N) is 1. The van der Waals surface area contributed by atoms with Crippen LogP contribution in [0.25, 0.3) is 0 Å². The molecule has 0 aromatic rings. The van der Waals surface area contributed by atoms with Crippen molar-refractivity contribution < 1.29 is 4.79 Å². The van der Waals surface area contributed by atoms with Crippen molar-refractivity contribution in [2.75, 3.05) is 6.54 Å². The van der Waals surface area contributed by atoms with Crippen LogP contribution in [0.1, 0.15) is 47.5 Å². The number of rotatable bonds is 3. The summed E-state index contributed by atoms with van der Waals surface area (Å²) in [5.74, 6) is 1.04. The molecule has 3 atom stereocenters. The smallest absolute Gasteiger partial charge is 0.149 e. The minimum absolute atomic E-state index is 0.232. The number of Topliss-reactive ketones (excluding diaryl/α,β-unsaturated/α-hetero) is 1. The number of hydrogen-bond donors (Lipinski definition) is 0. The summed E-state index contributed by atoms with van der Waals surface area (Å²) in [5, 5.41) is 0. The summed E-state index contributed by atoms with van der Waals surface area (Å²) >= 11 is 0. The number of likely N-dealkylation sites (tertiary alicyclic amines) is 1. The second-order valence-electron chi connectivity index (χ2n) is 5.03. The molecule has 0 aromatic carbocycles. The van der Waals surface area contributed by atoms with Crippen molar-refractivity contribution in [2.24, 2.45) is 5.92 Å². The third-order valence-electron chi connectivity index (χ3n) is 3.86. The van der Waals surface area contributed by atoms with E-state index in [4.69, 9.17) is 0 Å². The molecule has 0 amide bonds. The molecule has 1 heterocycles. The van der Waals surface area contributed by atoms with E-state index < -0.39 is 0 Å². The molecule has 2 nitrogen and oxygen atoms in total. The zero-order valence-corrected chi connectivity index (χ0v) is 10.1. The lowest BCUT2D eigenvalue weighted by atomic mass is 9.91. The van der Waals surface area contributed by atoms with Gasteiger partial charge >= 0.3 is 0 Å². The van der Waals surface area contributed by atoms with E-state index in [2.05, 4.69) is 32.6 Å². The van der Waals surface area contributed by atoms with Crippen molar-refractivity contribution in [3.8, 4) is 0 Å². The molecule has 1 saturated heterocycles. The quantitative estimate of drug-likeness (QED) is 0.692. The highest BCUT2D eigenvalue weighted by Gasteiger charge is 2.41. The first-order valence-electron chi connectivity index (χ1n) is 5.69. The van der Waals surface area contributed by atoms with Gasteiger partial charge in [0.05, 0.1) is 5.54 Å². The van der Waals surface area contributed by atoms with E-state index in [1.807, 2.05) is 0 Å². The molecule has 0 aliphatic carbocycles. The van der Waals surface area contributed by atoms with E-state index in [0.717, 1.165) is 18.9 Å². The summed E-state index contributed by atoms with van der Waals surface area (Å²) in [6, 6.07) is 0.554. The van der Waals surface area contributed by atoms with Gasteiger partial charge in [-0.25, -0.2) is 0 Å². The van der Waals surface area contributed by atoms with Gasteiger partial charge < -0.3 is 0 Å². The molecular weight excluding hydrogens is 174 g/mol. The van der Waals surface area contributed by atoms with Crippen LogP contribution in [0.4, 0.5) is 0 Å². The summed E-state index contributed by atoms with van der Waals surface area (Å²) in [6.07, 6.45) is 2.14. The van der Waals surface area contributed by atoms with Crippen molar-refractivity contribution in [1.82, 2.24) is 4.90 Å². The fourth-order valence-electron chi connectivity index (χ4n) is 2.64. The van der Waals surface area contributed by atoms with Gasteiger partial charge in [-0.3, -0.25) is 9.69 Å².